The molecule has 0 radical (unpaired) electrons. The zero-order valence-electron chi connectivity index (χ0n) is 17.7. The van der Waals surface area contributed by atoms with Crippen LogP contribution in [0.3, 0.4) is 0 Å². The quantitative estimate of drug-likeness (QED) is 0.252. The van der Waals surface area contributed by atoms with Crippen molar-refractivity contribution in [1.29, 1.82) is 0 Å². The maximum absolute atomic E-state index is 13.1. The summed E-state index contributed by atoms with van der Waals surface area (Å²) in [6.07, 6.45) is 0. The number of rotatable bonds is 7. The number of hydrogen-bond acceptors (Lipinski definition) is 7. The summed E-state index contributed by atoms with van der Waals surface area (Å²) in [5, 5.41) is 13.9. The van der Waals surface area contributed by atoms with E-state index in [1.807, 2.05) is 36.4 Å². The minimum Gasteiger partial charge on any atom is -0.409 e. The zero-order chi connectivity index (χ0) is 23.5. The number of fused-ring (bicyclic) bond motifs is 1. The highest BCUT2D eigenvalue weighted by atomic mass is 32.2. The van der Waals surface area contributed by atoms with Gasteiger partial charge in [-0.1, -0.05) is 60.3 Å². The van der Waals surface area contributed by atoms with E-state index in [0.717, 1.165) is 17.3 Å². The minimum atomic E-state index is -0.404. The van der Waals surface area contributed by atoms with E-state index in [-0.39, 0.29) is 28.2 Å². The van der Waals surface area contributed by atoms with E-state index in [2.05, 4.69) is 15.3 Å². The van der Waals surface area contributed by atoms with E-state index >= 15 is 0 Å². The topological polar surface area (TPSA) is 90.9 Å². The molecule has 2 aromatic heterocycles. The fourth-order valence-electron chi connectivity index (χ4n) is 3.47. The molecule has 5 aromatic rings. The van der Waals surface area contributed by atoms with Crippen LogP contribution in [0, 0.1) is 5.82 Å². The van der Waals surface area contributed by atoms with Gasteiger partial charge in [0.2, 0.25) is 0 Å². The highest BCUT2D eigenvalue weighted by Crippen LogP contribution is 2.27. The van der Waals surface area contributed by atoms with Crippen LogP contribution in [0.4, 0.5) is 4.39 Å². The van der Waals surface area contributed by atoms with Crippen LogP contribution in [-0.4, -0.2) is 31.5 Å². The summed E-state index contributed by atoms with van der Waals surface area (Å²) in [5.41, 5.74) is 1.49. The first-order valence-electron chi connectivity index (χ1n) is 10.4. The molecule has 0 atom stereocenters. The van der Waals surface area contributed by atoms with Gasteiger partial charge in [0.1, 0.15) is 5.82 Å². The molecule has 168 valence electrons. The van der Waals surface area contributed by atoms with Crippen LogP contribution >= 0.6 is 11.8 Å². The third kappa shape index (κ3) is 4.51. The van der Waals surface area contributed by atoms with E-state index in [4.69, 9.17) is 4.42 Å². The van der Waals surface area contributed by atoms with Crippen molar-refractivity contribution in [3.63, 3.8) is 0 Å². The fraction of sp³-hybridized carbons (Fsp3) is 0.0800. The van der Waals surface area contributed by atoms with Crippen LogP contribution in [0.2, 0.25) is 0 Å². The standard InChI is InChI=1S/C25H17FN4O3S/c26-18-12-10-17(11-13-18)21(31)15-34-25-28-27-23(33-25)22-19-8-4-5-9-20(19)24(32)30(29-22)14-16-6-2-1-3-7-16/h1-13H,14-15H2. The molecule has 0 aliphatic rings. The molecule has 0 aliphatic heterocycles. The Morgan fingerprint density at radius 1 is 0.912 bits per heavy atom. The van der Waals surface area contributed by atoms with E-state index in [1.54, 1.807) is 18.2 Å². The molecule has 0 fully saturated rings. The number of hydrogen-bond donors (Lipinski definition) is 0. The summed E-state index contributed by atoms with van der Waals surface area (Å²) in [5.74, 6) is -0.395. The van der Waals surface area contributed by atoms with Gasteiger partial charge in [-0.25, -0.2) is 9.07 Å². The lowest BCUT2D eigenvalue weighted by Gasteiger charge is -2.09. The van der Waals surface area contributed by atoms with Gasteiger partial charge in [-0.2, -0.15) is 5.10 Å². The summed E-state index contributed by atoms with van der Waals surface area (Å²) in [6.45, 7) is 0.291. The molecule has 0 bridgehead atoms. The third-order valence-electron chi connectivity index (χ3n) is 5.14. The van der Waals surface area contributed by atoms with Crippen molar-refractivity contribution in [2.75, 3.05) is 5.75 Å². The number of benzene rings is 3. The third-order valence-corrected chi connectivity index (χ3v) is 5.96. The molecule has 34 heavy (non-hydrogen) atoms. The smallest absolute Gasteiger partial charge is 0.277 e. The number of Topliss-reactive ketones (excluding diaryl/α,β-unsaturated/α-hetero) is 1. The van der Waals surface area contributed by atoms with E-state index in [1.165, 1.54) is 28.9 Å². The van der Waals surface area contributed by atoms with Gasteiger partial charge >= 0.3 is 0 Å². The molecule has 2 heterocycles. The zero-order valence-corrected chi connectivity index (χ0v) is 18.5. The van der Waals surface area contributed by atoms with Gasteiger partial charge in [-0.3, -0.25) is 9.59 Å². The summed E-state index contributed by atoms with van der Waals surface area (Å²) >= 11 is 1.08. The minimum absolute atomic E-state index is 0.0505. The maximum atomic E-state index is 13.1. The molecule has 3 aromatic carbocycles. The molecule has 0 aliphatic carbocycles. The Hall–Kier alpha value is -4.11. The summed E-state index contributed by atoms with van der Waals surface area (Å²) in [7, 11) is 0. The molecular formula is C25H17FN4O3S. The molecule has 0 unspecified atom stereocenters. The van der Waals surface area contributed by atoms with E-state index < -0.39 is 5.82 Å². The first kappa shape index (κ1) is 21.7. The molecular weight excluding hydrogens is 455 g/mol. The SMILES string of the molecule is O=C(CSc1nnc(-c2nn(Cc3ccccc3)c(=O)c3ccccc23)o1)c1ccc(F)cc1. The average molecular weight is 473 g/mol. The monoisotopic (exact) mass is 472 g/mol. The second-order valence-corrected chi connectivity index (χ2v) is 8.36. The summed E-state index contributed by atoms with van der Waals surface area (Å²) in [6, 6.07) is 22.0. The van der Waals surface area contributed by atoms with Crippen LogP contribution in [0.15, 0.2) is 93.3 Å². The normalized spacial score (nSPS) is 11.1. The largest absolute Gasteiger partial charge is 0.409 e. The van der Waals surface area contributed by atoms with Gasteiger partial charge in [0.05, 0.1) is 17.7 Å². The van der Waals surface area contributed by atoms with Crippen molar-refractivity contribution < 1.29 is 13.6 Å². The number of halogens is 1. The predicted octanol–water partition coefficient (Wildman–Crippen LogP) is 4.61. The molecule has 7 nitrogen and oxygen atoms in total. The number of ketones is 1. The van der Waals surface area contributed by atoms with Crippen LogP contribution < -0.4 is 5.56 Å². The van der Waals surface area contributed by atoms with Crippen molar-refractivity contribution in [3.8, 4) is 11.6 Å². The van der Waals surface area contributed by atoms with Crippen molar-refractivity contribution in [3.05, 3.63) is 106 Å². The number of thioether (sulfide) groups is 1. The van der Waals surface area contributed by atoms with Gasteiger partial charge in [0.25, 0.3) is 16.7 Å². The van der Waals surface area contributed by atoms with Crippen molar-refractivity contribution >= 4 is 28.3 Å². The second-order valence-electron chi connectivity index (χ2n) is 7.43. The molecule has 0 spiro atoms. The number of aromatic nitrogens is 4. The van der Waals surface area contributed by atoms with Crippen molar-refractivity contribution in [2.24, 2.45) is 0 Å². The van der Waals surface area contributed by atoms with Crippen molar-refractivity contribution in [1.82, 2.24) is 20.0 Å². The Balaban J connectivity index is 1.44. The maximum Gasteiger partial charge on any atom is 0.277 e. The number of carbonyl (C=O) groups excluding carboxylic acids is 1. The predicted molar refractivity (Wildman–Crippen MR) is 126 cm³/mol. The summed E-state index contributed by atoms with van der Waals surface area (Å²) < 4.78 is 20.2. The Labute approximate surface area is 197 Å². The van der Waals surface area contributed by atoms with Crippen LogP contribution in [0.5, 0.6) is 0 Å². The van der Waals surface area contributed by atoms with Gasteiger partial charge in [0, 0.05) is 10.9 Å². The van der Waals surface area contributed by atoms with E-state index in [0.29, 0.717) is 28.6 Å². The number of nitrogens with zero attached hydrogens (tertiary/aromatic N) is 4. The van der Waals surface area contributed by atoms with Gasteiger partial charge < -0.3 is 4.42 Å². The lowest BCUT2D eigenvalue weighted by atomic mass is 10.1. The first-order valence-corrected chi connectivity index (χ1v) is 11.4. The number of carbonyl (C=O) groups is 1. The van der Waals surface area contributed by atoms with E-state index in [9.17, 15) is 14.0 Å². The van der Waals surface area contributed by atoms with Gasteiger partial charge in [0.15, 0.2) is 11.5 Å². The Kier molecular flexibility index (Phi) is 6.01. The van der Waals surface area contributed by atoms with Crippen LogP contribution in [0.1, 0.15) is 15.9 Å². The highest BCUT2D eigenvalue weighted by Gasteiger charge is 2.18. The Morgan fingerprint density at radius 2 is 1.62 bits per heavy atom. The molecule has 0 saturated heterocycles. The Morgan fingerprint density at radius 3 is 2.38 bits per heavy atom. The van der Waals surface area contributed by atoms with Crippen LogP contribution in [0.25, 0.3) is 22.4 Å². The molecule has 0 amide bonds. The lowest BCUT2D eigenvalue weighted by molar-refractivity contribution is 0.102. The van der Waals surface area contributed by atoms with Crippen LogP contribution in [-0.2, 0) is 6.54 Å². The summed E-state index contributed by atoms with van der Waals surface area (Å²) in [4.78, 5) is 25.4. The van der Waals surface area contributed by atoms with Crippen molar-refractivity contribution in [2.45, 2.75) is 11.8 Å². The highest BCUT2D eigenvalue weighted by molar-refractivity contribution is 7.99. The average Bonchev–Trinajstić information content (AvgIpc) is 3.34. The fourth-order valence-corrected chi connectivity index (χ4v) is 4.12. The molecule has 5 rings (SSSR count). The molecule has 0 saturated carbocycles. The lowest BCUT2D eigenvalue weighted by Crippen LogP contribution is -2.24. The second kappa shape index (κ2) is 9.40. The molecule has 9 heteroatoms. The Bertz CT molecular complexity index is 1530. The molecule has 0 N–H and O–H groups in total. The van der Waals surface area contributed by atoms with Gasteiger partial charge in [-0.15, -0.1) is 10.2 Å². The first-order chi connectivity index (χ1) is 16.6. The van der Waals surface area contributed by atoms with Gasteiger partial charge in [-0.05, 0) is 35.9 Å².